The van der Waals surface area contributed by atoms with Gasteiger partial charge in [-0.25, -0.2) is 20.5 Å². The van der Waals surface area contributed by atoms with Crippen molar-refractivity contribution in [1.29, 1.82) is 0 Å². The molecule has 0 spiro atoms. The molecule has 0 rings (SSSR count). The Bertz CT molecular complexity index is 146. The Morgan fingerprint density at radius 3 is 2.30 bits per heavy atom. The molecular weight excluding hydrogens is 144 g/mol. The SMILES string of the molecule is NC(=O)N(O)NC(=O)NO. The third kappa shape index (κ3) is 2.69. The number of primary amides is 1. The lowest BCUT2D eigenvalue weighted by atomic mass is 11.0. The van der Waals surface area contributed by atoms with Gasteiger partial charge in [0.1, 0.15) is 0 Å². The van der Waals surface area contributed by atoms with E-state index in [4.69, 9.17) is 10.4 Å². The highest BCUT2D eigenvalue weighted by atomic mass is 16.6. The number of nitrogens with one attached hydrogen (secondary N) is 2. The molecule has 6 N–H and O–H groups in total. The summed E-state index contributed by atoms with van der Waals surface area (Å²) in [5, 5.41) is 15.8. The number of hydroxylamine groups is 2. The third-order valence-corrected chi connectivity index (χ3v) is 0.518. The molecule has 4 amide bonds. The fourth-order valence-corrected chi connectivity index (χ4v) is 0.176. The highest BCUT2D eigenvalue weighted by Crippen LogP contribution is 1.71. The lowest BCUT2D eigenvalue weighted by Gasteiger charge is -2.10. The summed E-state index contributed by atoms with van der Waals surface area (Å²) >= 11 is 0. The summed E-state index contributed by atoms with van der Waals surface area (Å²) in [6, 6.07) is -2.45. The zero-order valence-corrected chi connectivity index (χ0v) is 4.74. The van der Waals surface area contributed by atoms with Gasteiger partial charge in [-0.05, 0) is 0 Å². The van der Waals surface area contributed by atoms with E-state index in [2.05, 4.69) is 5.73 Å². The normalized spacial score (nSPS) is 8.20. The molecule has 0 bridgehead atoms. The Labute approximate surface area is 55.1 Å². The van der Waals surface area contributed by atoms with E-state index in [1.165, 1.54) is 5.43 Å². The molecule has 0 radical (unpaired) electrons. The Hall–Kier alpha value is -1.54. The number of rotatable bonds is 0. The van der Waals surface area contributed by atoms with Gasteiger partial charge in [0.2, 0.25) is 0 Å². The van der Waals surface area contributed by atoms with Crippen molar-refractivity contribution in [2.45, 2.75) is 0 Å². The number of nitrogens with two attached hydrogens (primary N) is 1. The molecule has 0 aromatic heterocycles. The van der Waals surface area contributed by atoms with Crippen LogP contribution in [0.25, 0.3) is 0 Å². The summed E-state index contributed by atoms with van der Waals surface area (Å²) in [6.45, 7) is 0. The van der Waals surface area contributed by atoms with Gasteiger partial charge in [-0.1, -0.05) is 0 Å². The van der Waals surface area contributed by atoms with Crippen molar-refractivity contribution in [3.8, 4) is 0 Å². The molecule has 0 aliphatic heterocycles. The van der Waals surface area contributed by atoms with Crippen molar-refractivity contribution in [1.82, 2.24) is 16.1 Å². The summed E-state index contributed by atoms with van der Waals surface area (Å²) in [5.41, 5.74) is 6.99. The molecule has 0 saturated carbocycles. The number of hydrogen-bond donors (Lipinski definition) is 5. The van der Waals surface area contributed by atoms with Crippen LogP contribution >= 0.6 is 0 Å². The molecule has 0 aromatic carbocycles. The zero-order chi connectivity index (χ0) is 8.15. The molecule has 58 valence electrons. The molecule has 0 atom stereocenters. The first kappa shape index (κ1) is 8.46. The van der Waals surface area contributed by atoms with E-state index in [1.807, 2.05) is 0 Å². The minimum Gasteiger partial charge on any atom is -0.348 e. The van der Waals surface area contributed by atoms with Crippen LogP contribution in [0.5, 0.6) is 0 Å². The number of amides is 4. The van der Waals surface area contributed by atoms with E-state index in [0.717, 1.165) is 5.48 Å². The first-order chi connectivity index (χ1) is 4.57. The van der Waals surface area contributed by atoms with Crippen LogP contribution < -0.4 is 16.6 Å². The van der Waals surface area contributed by atoms with Crippen LogP contribution in [0.15, 0.2) is 0 Å². The predicted molar refractivity (Wildman–Crippen MR) is 26.7 cm³/mol. The lowest BCUT2D eigenvalue weighted by molar-refractivity contribution is -0.0733. The van der Waals surface area contributed by atoms with Crippen molar-refractivity contribution in [3.63, 3.8) is 0 Å². The van der Waals surface area contributed by atoms with Crippen molar-refractivity contribution >= 4 is 12.1 Å². The van der Waals surface area contributed by atoms with Gasteiger partial charge in [0, 0.05) is 0 Å². The highest BCUT2D eigenvalue weighted by molar-refractivity contribution is 5.77. The Balaban J connectivity index is 3.68. The molecule has 0 saturated heterocycles. The second-order valence-corrected chi connectivity index (χ2v) is 1.20. The van der Waals surface area contributed by atoms with Gasteiger partial charge in [0.15, 0.2) is 0 Å². The Kier molecular flexibility index (Phi) is 2.94. The van der Waals surface area contributed by atoms with E-state index in [9.17, 15) is 9.59 Å². The first-order valence-electron chi connectivity index (χ1n) is 2.07. The van der Waals surface area contributed by atoms with Crippen molar-refractivity contribution in [2.24, 2.45) is 5.73 Å². The topological polar surface area (TPSA) is 128 Å². The van der Waals surface area contributed by atoms with Gasteiger partial charge in [0.25, 0.3) is 0 Å². The molecule has 10 heavy (non-hydrogen) atoms. The van der Waals surface area contributed by atoms with E-state index in [-0.39, 0.29) is 5.17 Å². The second kappa shape index (κ2) is 3.48. The smallest absolute Gasteiger partial charge is 0.348 e. The maximum Gasteiger partial charge on any atom is 0.359 e. The highest BCUT2D eigenvalue weighted by Gasteiger charge is 2.07. The second-order valence-electron chi connectivity index (χ2n) is 1.20. The summed E-state index contributed by atoms with van der Waals surface area (Å²) in [6.07, 6.45) is 0. The van der Waals surface area contributed by atoms with Crippen LogP contribution in [0.4, 0.5) is 9.59 Å². The molecule has 8 heteroatoms. The van der Waals surface area contributed by atoms with Crippen LogP contribution in [0.2, 0.25) is 0 Å². The number of carbonyl (C=O) groups is 2. The summed E-state index contributed by atoms with van der Waals surface area (Å²) in [4.78, 5) is 20.0. The van der Waals surface area contributed by atoms with Gasteiger partial charge in [0.05, 0.1) is 0 Å². The maximum atomic E-state index is 10.0. The fraction of sp³-hybridized carbons (Fsp3) is 0. The molecule has 8 nitrogen and oxygen atoms in total. The summed E-state index contributed by atoms with van der Waals surface area (Å²) in [7, 11) is 0. The van der Waals surface area contributed by atoms with Crippen LogP contribution in [0.3, 0.4) is 0 Å². The molecule has 0 unspecified atom stereocenters. The molecule has 0 fully saturated rings. The minimum absolute atomic E-state index is 0.286. The quantitative estimate of drug-likeness (QED) is 0.209. The average Bonchev–Trinajstić information content (AvgIpc) is 1.87. The average molecular weight is 150 g/mol. The summed E-state index contributed by atoms with van der Waals surface area (Å²) in [5.74, 6) is 0. The van der Waals surface area contributed by atoms with E-state index < -0.39 is 12.1 Å². The molecule has 0 aliphatic rings. The van der Waals surface area contributed by atoms with Crippen molar-refractivity contribution in [2.75, 3.05) is 0 Å². The number of hydrogen-bond acceptors (Lipinski definition) is 4. The van der Waals surface area contributed by atoms with Gasteiger partial charge < -0.3 is 5.73 Å². The van der Waals surface area contributed by atoms with Crippen molar-refractivity contribution in [3.05, 3.63) is 0 Å². The van der Waals surface area contributed by atoms with Crippen molar-refractivity contribution < 1.29 is 20.0 Å². The Morgan fingerprint density at radius 1 is 1.50 bits per heavy atom. The first-order valence-corrected chi connectivity index (χ1v) is 2.07. The third-order valence-electron chi connectivity index (χ3n) is 0.518. The lowest BCUT2D eigenvalue weighted by Crippen LogP contribution is -2.49. The van der Waals surface area contributed by atoms with Gasteiger partial charge in [-0.15, -0.1) is 5.17 Å². The standard InChI is InChI=1S/C2H6N4O4/c3-1(7)6(10)4-2(8)5-9/h9-10H,(H2,3,7)(H2,4,5,8). The molecular formula is C2H6N4O4. The van der Waals surface area contributed by atoms with Gasteiger partial charge in [-0.2, -0.15) is 0 Å². The Morgan fingerprint density at radius 2 is 2.00 bits per heavy atom. The number of nitrogens with zero attached hydrogens (tertiary/aromatic N) is 1. The minimum atomic E-state index is -1.27. The van der Waals surface area contributed by atoms with Gasteiger partial charge >= 0.3 is 12.1 Å². The largest absolute Gasteiger partial charge is 0.359 e. The zero-order valence-electron chi connectivity index (χ0n) is 4.74. The van der Waals surface area contributed by atoms with Gasteiger partial charge in [-0.3, -0.25) is 10.4 Å². The van der Waals surface area contributed by atoms with E-state index >= 15 is 0 Å². The van der Waals surface area contributed by atoms with E-state index in [1.54, 1.807) is 0 Å². The molecule has 0 aliphatic carbocycles. The molecule has 0 heterocycles. The van der Waals surface area contributed by atoms with Crippen LogP contribution in [-0.4, -0.2) is 27.6 Å². The van der Waals surface area contributed by atoms with Crippen LogP contribution in [0, 0.1) is 0 Å². The fourth-order valence-electron chi connectivity index (χ4n) is 0.176. The van der Waals surface area contributed by atoms with Crippen LogP contribution in [-0.2, 0) is 0 Å². The number of carbonyl (C=O) groups excluding carboxylic acids is 2. The maximum absolute atomic E-state index is 10.0. The molecule has 0 aromatic rings. The summed E-state index contributed by atoms with van der Waals surface area (Å²) < 4.78 is 0. The number of hydrazine groups is 1. The number of urea groups is 2. The monoisotopic (exact) mass is 150 g/mol. The van der Waals surface area contributed by atoms with Crippen LogP contribution in [0.1, 0.15) is 0 Å². The predicted octanol–water partition coefficient (Wildman–Crippen LogP) is -1.64. The van der Waals surface area contributed by atoms with E-state index in [0.29, 0.717) is 0 Å².